The highest BCUT2D eigenvalue weighted by Crippen LogP contribution is 2.60. The Morgan fingerprint density at radius 3 is 2.17 bits per heavy atom. The average Bonchev–Trinajstić information content (AvgIpc) is 2.96. The van der Waals surface area contributed by atoms with Gasteiger partial charge in [0.15, 0.2) is 0 Å². The van der Waals surface area contributed by atoms with Gasteiger partial charge in [-0.2, -0.15) is 0 Å². The van der Waals surface area contributed by atoms with Crippen molar-refractivity contribution in [2.24, 2.45) is 10.8 Å². The van der Waals surface area contributed by atoms with E-state index in [1.165, 1.54) is 11.1 Å². The average molecular weight is 320 g/mol. The fourth-order valence-corrected chi connectivity index (χ4v) is 5.09. The van der Waals surface area contributed by atoms with Crippen molar-refractivity contribution >= 4 is 0 Å². The first kappa shape index (κ1) is 15.9. The molecule has 0 bridgehead atoms. The third-order valence-electron chi connectivity index (χ3n) is 6.98. The number of hydrogen-bond acceptors (Lipinski definition) is 2. The first-order valence-electron chi connectivity index (χ1n) is 9.04. The molecule has 2 heteroatoms. The summed E-state index contributed by atoms with van der Waals surface area (Å²) in [5.74, 6) is 0. The smallest absolute Gasteiger partial charge is 0.0479 e. The van der Waals surface area contributed by atoms with Crippen molar-refractivity contribution in [1.29, 1.82) is 0 Å². The topological polar surface area (TPSA) is 15.3 Å². The van der Waals surface area contributed by atoms with Gasteiger partial charge < -0.3 is 5.32 Å². The standard InChI is InChI=1S/C22H28N2/c1-20-15-23-22(3,19-12-8-5-9-13-19)21(20,2)17-24(16-20)14-18-10-6-4-7-11-18/h4-13,23H,14-17H2,1-3H3/t20-,21+,22+/m0/s1. The number of nitrogens with one attached hydrogen (secondary N) is 1. The summed E-state index contributed by atoms with van der Waals surface area (Å²) in [5, 5.41) is 3.89. The van der Waals surface area contributed by atoms with E-state index in [1.54, 1.807) is 0 Å². The molecule has 126 valence electrons. The summed E-state index contributed by atoms with van der Waals surface area (Å²) in [7, 11) is 0. The Morgan fingerprint density at radius 2 is 1.50 bits per heavy atom. The highest BCUT2D eigenvalue weighted by atomic mass is 15.2. The van der Waals surface area contributed by atoms with Crippen molar-refractivity contribution in [2.75, 3.05) is 19.6 Å². The van der Waals surface area contributed by atoms with Crippen LogP contribution in [-0.4, -0.2) is 24.5 Å². The van der Waals surface area contributed by atoms with Crippen LogP contribution in [-0.2, 0) is 12.1 Å². The zero-order valence-electron chi connectivity index (χ0n) is 15.0. The summed E-state index contributed by atoms with van der Waals surface area (Å²) in [6.07, 6.45) is 0. The van der Waals surface area contributed by atoms with Gasteiger partial charge in [0.1, 0.15) is 0 Å². The maximum Gasteiger partial charge on any atom is 0.0479 e. The molecule has 0 spiro atoms. The third-order valence-corrected chi connectivity index (χ3v) is 6.98. The van der Waals surface area contributed by atoms with Crippen LogP contribution in [0.2, 0.25) is 0 Å². The molecule has 0 unspecified atom stereocenters. The predicted octanol–water partition coefficient (Wildman–Crippen LogP) is 4.03. The van der Waals surface area contributed by atoms with Crippen LogP contribution in [0.25, 0.3) is 0 Å². The molecule has 0 aliphatic carbocycles. The Labute approximate surface area is 145 Å². The number of fused-ring (bicyclic) bond motifs is 1. The van der Waals surface area contributed by atoms with Gasteiger partial charge in [0.2, 0.25) is 0 Å². The molecule has 2 aromatic rings. The quantitative estimate of drug-likeness (QED) is 0.918. The van der Waals surface area contributed by atoms with Gasteiger partial charge >= 0.3 is 0 Å². The molecule has 0 aromatic heterocycles. The molecule has 2 fully saturated rings. The molecule has 2 heterocycles. The fourth-order valence-electron chi connectivity index (χ4n) is 5.09. The Balaban J connectivity index is 1.64. The summed E-state index contributed by atoms with van der Waals surface area (Å²) in [4.78, 5) is 2.65. The highest BCUT2D eigenvalue weighted by molar-refractivity contribution is 5.33. The van der Waals surface area contributed by atoms with Gasteiger partial charge in [0.25, 0.3) is 0 Å². The lowest BCUT2D eigenvalue weighted by Crippen LogP contribution is -2.49. The Hall–Kier alpha value is -1.64. The van der Waals surface area contributed by atoms with E-state index in [1.807, 2.05) is 0 Å². The minimum absolute atomic E-state index is 0.0223. The first-order chi connectivity index (χ1) is 11.5. The van der Waals surface area contributed by atoms with E-state index in [0.717, 1.165) is 26.2 Å². The van der Waals surface area contributed by atoms with Crippen molar-refractivity contribution < 1.29 is 0 Å². The number of likely N-dealkylation sites (tertiary alicyclic amines) is 1. The summed E-state index contributed by atoms with van der Waals surface area (Å²) in [5.41, 5.74) is 3.37. The monoisotopic (exact) mass is 320 g/mol. The molecule has 2 saturated heterocycles. The van der Waals surface area contributed by atoms with Gasteiger partial charge in [-0.3, -0.25) is 4.90 Å². The first-order valence-corrected chi connectivity index (χ1v) is 9.04. The fraction of sp³-hybridized carbons (Fsp3) is 0.455. The molecule has 2 aliphatic heterocycles. The molecule has 1 N–H and O–H groups in total. The van der Waals surface area contributed by atoms with E-state index in [0.29, 0.717) is 5.41 Å². The molecule has 0 saturated carbocycles. The van der Waals surface area contributed by atoms with Gasteiger partial charge in [-0.25, -0.2) is 0 Å². The van der Waals surface area contributed by atoms with Gasteiger partial charge in [-0.05, 0) is 18.1 Å². The lowest BCUT2D eigenvalue weighted by Gasteiger charge is -2.44. The van der Waals surface area contributed by atoms with Gasteiger partial charge in [-0.15, -0.1) is 0 Å². The molecule has 4 rings (SSSR count). The summed E-state index contributed by atoms with van der Waals surface area (Å²) in [6.45, 7) is 11.8. The van der Waals surface area contributed by atoms with Crippen molar-refractivity contribution in [2.45, 2.75) is 32.9 Å². The van der Waals surface area contributed by atoms with Gasteiger partial charge in [0.05, 0.1) is 0 Å². The summed E-state index contributed by atoms with van der Waals surface area (Å²) < 4.78 is 0. The summed E-state index contributed by atoms with van der Waals surface area (Å²) >= 11 is 0. The Kier molecular flexibility index (Phi) is 3.59. The Bertz CT molecular complexity index is 713. The van der Waals surface area contributed by atoms with Gasteiger partial charge in [-0.1, -0.05) is 74.5 Å². The molecule has 2 nitrogen and oxygen atoms in total. The maximum atomic E-state index is 3.89. The van der Waals surface area contributed by atoms with Crippen LogP contribution >= 0.6 is 0 Å². The number of nitrogens with zero attached hydrogens (tertiary/aromatic N) is 1. The van der Waals surface area contributed by atoms with Crippen LogP contribution in [0.15, 0.2) is 60.7 Å². The predicted molar refractivity (Wildman–Crippen MR) is 99.7 cm³/mol. The summed E-state index contributed by atoms with van der Waals surface area (Å²) in [6, 6.07) is 21.9. The molecule has 2 aromatic carbocycles. The number of benzene rings is 2. The van der Waals surface area contributed by atoms with E-state index >= 15 is 0 Å². The number of hydrogen-bond donors (Lipinski definition) is 1. The van der Waals surface area contributed by atoms with E-state index < -0.39 is 0 Å². The molecule has 0 amide bonds. The second-order valence-electron chi connectivity index (χ2n) is 8.37. The van der Waals surface area contributed by atoms with E-state index in [-0.39, 0.29) is 11.0 Å². The normalized spacial score (nSPS) is 36.0. The maximum absolute atomic E-state index is 3.89. The Morgan fingerprint density at radius 1 is 0.875 bits per heavy atom. The minimum Gasteiger partial charge on any atom is -0.306 e. The lowest BCUT2D eigenvalue weighted by atomic mass is 9.60. The third kappa shape index (κ3) is 2.17. The zero-order valence-corrected chi connectivity index (χ0v) is 15.0. The number of rotatable bonds is 3. The van der Waals surface area contributed by atoms with Crippen LogP contribution in [0.1, 0.15) is 31.9 Å². The molecule has 0 radical (unpaired) electrons. The molecule has 3 atom stereocenters. The lowest BCUT2D eigenvalue weighted by molar-refractivity contribution is 0.106. The SMILES string of the molecule is C[C@@]12CN[C@](C)(c3ccccc3)[C@]1(C)CN(Cc1ccccc1)C2. The van der Waals surface area contributed by atoms with Crippen molar-refractivity contribution in [3.05, 3.63) is 71.8 Å². The van der Waals surface area contributed by atoms with Crippen LogP contribution in [0, 0.1) is 10.8 Å². The van der Waals surface area contributed by atoms with Crippen LogP contribution in [0.3, 0.4) is 0 Å². The minimum atomic E-state index is 0.0223. The van der Waals surface area contributed by atoms with Crippen molar-refractivity contribution in [3.63, 3.8) is 0 Å². The van der Waals surface area contributed by atoms with E-state index in [2.05, 4.69) is 91.7 Å². The molecular formula is C22H28N2. The second kappa shape index (κ2) is 5.44. The van der Waals surface area contributed by atoms with Crippen LogP contribution in [0.5, 0.6) is 0 Å². The van der Waals surface area contributed by atoms with Gasteiger partial charge in [0, 0.05) is 42.5 Å². The highest BCUT2D eigenvalue weighted by Gasteiger charge is 2.65. The second-order valence-corrected chi connectivity index (χ2v) is 8.37. The molecule has 24 heavy (non-hydrogen) atoms. The van der Waals surface area contributed by atoms with Crippen LogP contribution < -0.4 is 5.32 Å². The van der Waals surface area contributed by atoms with Crippen LogP contribution in [0.4, 0.5) is 0 Å². The molecule has 2 aliphatic rings. The van der Waals surface area contributed by atoms with Crippen molar-refractivity contribution in [3.8, 4) is 0 Å². The molecular weight excluding hydrogens is 292 g/mol. The van der Waals surface area contributed by atoms with E-state index in [9.17, 15) is 0 Å². The van der Waals surface area contributed by atoms with E-state index in [4.69, 9.17) is 0 Å². The van der Waals surface area contributed by atoms with Crippen molar-refractivity contribution in [1.82, 2.24) is 10.2 Å². The zero-order chi connectivity index (χ0) is 16.8. The largest absolute Gasteiger partial charge is 0.306 e.